The molecular formula is C22H24Cl2N2O3. The summed E-state index contributed by atoms with van der Waals surface area (Å²) >= 11 is 6.16. The van der Waals surface area contributed by atoms with E-state index in [9.17, 15) is 4.79 Å². The first-order valence-electron chi connectivity index (χ1n) is 9.21. The molecule has 0 radical (unpaired) electrons. The normalized spacial score (nSPS) is 14.7. The van der Waals surface area contributed by atoms with Crippen LogP contribution in [0.5, 0.6) is 0 Å². The van der Waals surface area contributed by atoms with E-state index in [4.69, 9.17) is 21.5 Å². The molecule has 0 aliphatic carbocycles. The predicted molar refractivity (Wildman–Crippen MR) is 118 cm³/mol. The summed E-state index contributed by atoms with van der Waals surface area (Å²) in [5, 5.41) is 14.2. The molecule has 0 amide bonds. The van der Waals surface area contributed by atoms with Crippen LogP contribution >= 0.6 is 24.0 Å². The lowest BCUT2D eigenvalue weighted by Crippen LogP contribution is -2.34. The smallest absolute Gasteiger partial charge is 0.332 e. The van der Waals surface area contributed by atoms with E-state index in [2.05, 4.69) is 10.1 Å². The van der Waals surface area contributed by atoms with Gasteiger partial charge >= 0.3 is 5.97 Å². The van der Waals surface area contributed by atoms with Crippen LogP contribution in [-0.4, -0.2) is 47.9 Å². The van der Waals surface area contributed by atoms with Crippen LogP contribution < -0.4 is 0 Å². The number of halogens is 2. The van der Waals surface area contributed by atoms with Crippen LogP contribution in [0.2, 0.25) is 5.02 Å². The van der Waals surface area contributed by atoms with Gasteiger partial charge in [0.25, 0.3) is 0 Å². The minimum Gasteiger partial charge on any atom is -0.478 e. The topological polar surface area (TPSA) is 62.1 Å². The third-order valence-corrected chi connectivity index (χ3v) is 4.89. The molecule has 1 aliphatic rings. The van der Waals surface area contributed by atoms with Crippen molar-refractivity contribution in [2.24, 2.45) is 5.16 Å². The zero-order chi connectivity index (χ0) is 19.9. The number of rotatable bonds is 7. The molecule has 0 fully saturated rings. The maximum absolute atomic E-state index is 11.1. The fourth-order valence-electron chi connectivity index (χ4n) is 3.16. The molecule has 2 aromatic carbocycles. The number of aryl methyl sites for hydroxylation is 1. The third-order valence-electron chi connectivity index (χ3n) is 4.66. The molecule has 0 atom stereocenters. The average Bonchev–Trinajstić information content (AvgIpc) is 2.69. The summed E-state index contributed by atoms with van der Waals surface area (Å²) in [7, 11) is 0. The van der Waals surface area contributed by atoms with Crippen molar-refractivity contribution in [3.05, 3.63) is 81.9 Å². The minimum absolute atomic E-state index is 0. The minimum atomic E-state index is -0.855. The number of aliphatic carboxylic acids is 1. The number of carbonyl (C=O) groups is 1. The fourth-order valence-corrected chi connectivity index (χ4v) is 3.35. The van der Waals surface area contributed by atoms with Gasteiger partial charge in [-0.15, -0.1) is 12.4 Å². The zero-order valence-corrected chi connectivity index (χ0v) is 17.7. The van der Waals surface area contributed by atoms with Crippen molar-refractivity contribution >= 4 is 35.7 Å². The lowest BCUT2D eigenvalue weighted by atomic mass is 9.98. The SMILES string of the molecule is Cc1ccccc1/C(=N\OCCN1CCC=C(C(=O)O)C1)c1cccc(Cl)c1.Cl. The standard InChI is InChI=1S/C22H23ClN2O3.ClH/c1-16-6-2-3-10-20(16)21(17-7-4-9-19(23)14-17)24-28-13-12-25-11-5-8-18(15-25)22(26)27;/h2-4,6-10,14H,5,11-13,15H2,1H3,(H,26,27);1H/b24-21-;. The van der Waals surface area contributed by atoms with Gasteiger partial charge in [-0.2, -0.15) is 0 Å². The van der Waals surface area contributed by atoms with Crippen LogP contribution in [0.25, 0.3) is 0 Å². The van der Waals surface area contributed by atoms with Gasteiger partial charge in [0.1, 0.15) is 12.3 Å². The maximum Gasteiger partial charge on any atom is 0.332 e. The van der Waals surface area contributed by atoms with Crippen molar-refractivity contribution in [2.45, 2.75) is 13.3 Å². The van der Waals surface area contributed by atoms with Crippen molar-refractivity contribution in [3.8, 4) is 0 Å². The highest BCUT2D eigenvalue weighted by Gasteiger charge is 2.17. The van der Waals surface area contributed by atoms with Crippen LogP contribution in [0.4, 0.5) is 0 Å². The van der Waals surface area contributed by atoms with Gasteiger partial charge in [-0.05, 0) is 31.0 Å². The highest BCUT2D eigenvalue weighted by atomic mass is 35.5. The van der Waals surface area contributed by atoms with Crippen LogP contribution in [-0.2, 0) is 9.63 Å². The molecule has 0 spiro atoms. The van der Waals surface area contributed by atoms with Gasteiger partial charge in [0, 0.05) is 41.4 Å². The van der Waals surface area contributed by atoms with E-state index in [1.165, 1.54) is 0 Å². The molecule has 0 saturated carbocycles. The monoisotopic (exact) mass is 434 g/mol. The van der Waals surface area contributed by atoms with Crippen LogP contribution in [0, 0.1) is 6.92 Å². The molecule has 0 unspecified atom stereocenters. The first-order chi connectivity index (χ1) is 13.5. The van der Waals surface area contributed by atoms with Gasteiger partial charge in [0.05, 0.1) is 0 Å². The lowest BCUT2D eigenvalue weighted by molar-refractivity contribution is -0.133. The van der Waals surface area contributed by atoms with Crippen molar-refractivity contribution in [3.63, 3.8) is 0 Å². The first kappa shape index (κ1) is 22.9. The van der Waals surface area contributed by atoms with Crippen LogP contribution in [0.15, 0.2) is 65.3 Å². The third kappa shape index (κ3) is 6.32. The number of hydrogen-bond donors (Lipinski definition) is 1. The van der Waals surface area contributed by atoms with E-state index >= 15 is 0 Å². The summed E-state index contributed by atoms with van der Waals surface area (Å²) in [6.07, 6.45) is 2.52. The average molecular weight is 435 g/mol. The summed E-state index contributed by atoms with van der Waals surface area (Å²) < 4.78 is 0. The maximum atomic E-state index is 11.1. The van der Waals surface area contributed by atoms with Crippen molar-refractivity contribution in [1.82, 2.24) is 4.90 Å². The molecule has 1 aliphatic heterocycles. The second-order valence-corrected chi connectivity index (χ2v) is 7.13. The van der Waals surface area contributed by atoms with Crippen molar-refractivity contribution in [2.75, 3.05) is 26.2 Å². The molecule has 1 heterocycles. The van der Waals surface area contributed by atoms with Crippen molar-refractivity contribution < 1.29 is 14.7 Å². The molecule has 0 saturated heterocycles. The Kier molecular flexibility index (Phi) is 8.70. The Hall–Kier alpha value is -2.34. The molecule has 0 aromatic heterocycles. The van der Waals surface area contributed by atoms with Gasteiger partial charge in [0.15, 0.2) is 0 Å². The number of hydrogen-bond acceptors (Lipinski definition) is 4. The molecule has 1 N–H and O–H groups in total. The molecule has 29 heavy (non-hydrogen) atoms. The number of oxime groups is 1. The Balaban J connectivity index is 0.00000300. The molecule has 3 rings (SSSR count). The number of nitrogens with zero attached hydrogens (tertiary/aromatic N) is 2. The van der Waals surface area contributed by atoms with Gasteiger partial charge in [-0.3, -0.25) is 4.90 Å². The molecule has 154 valence electrons. The second kappa shape index (κ2) is 11.0. The zero-order valence-electron chi connectivity index (χ0n) is 16.2. The Labute approximate surface area is 182 Å². The number of carboxylic acid groups (broad SMARTS) is 1. The van der Waals surface area contributed by atoms with E-state index in [0.717, 1.165) is 35.4 Å². The second-order valence-electron chi connectivity index (χ2n) is 6.70. The quantitative estimate of drug-likeness (QED) is 0.394. The molecule has 7 heteroatoms. The first-order valence-corrected chi connectivity index (χ1v) is 9.59. The summed E-state index contributed by atoms with van der Waals surface area (Å²) in [5.41, 5.74) is 4.13. The number of carboxylic acids is 1. The largest absolute Gasteiger partial charge is 0.478 e. The van der Waals surface area contributed by atoms with E-state index < -0.39 is 5.97 Å². The Morgan fingerprint density at radius 2 is 2.03 bits per heavy atom. The Morgan fingerprint density at radius 3 is 2.76 bits per heavy atom. The van der Waals surface area contributed by atoms with Gasteiger partial charge < -0.3 is 9.94 Å². The summed E-state index contributed by atoms with van der Waals surface area (Å²) in [6.45, 7) is 4.28. The van der Waals surface area contributed by atoms with E-state index in [0.29, 0.717) is 30.3 Å². The van der Waals surface area contributed by atoms with Gasteiger partial charge in [-0.1, -0.05) is 59.2 Å². The highest BCUT2D eigenvalue weighted by molar-refractivity contribution is 6.31. The predicted octanol–water partition coefficient (Wildman–Crippen LogP) is 4.56. The van der Waals surface area contributed by atoms with Crippen molar-refractivity contribution in [1.29, 1.82) is 0 Å². The highest BCUT2D eigenvalue weighted by Crippen LogP contribution is 2.18. The fraction of sp³-hybridized carbons (Fsp3) is 0.273. The van der Waals surface area contributed by atoms with Crippen LogP contribution in [0.1, 0.15) is 23.1 Å². The molecule has 2 aromatic rings. The van der Waals surface area contributed by atoms with E-state index in [1.54, 1.807) is 6.08 Å². The summed E-state index contributed by atoms with van der Waals surface area (Å²) in [5.74, 6) is -0.855. The Morgan fingerprint density at radius 1 is 1.24 bits per heavy atom. The summed E-state index contributed by atoms with van der Waals surface area (Å²) in [6, 6.07) is 15.5. The van der Waals surface area contributed by atoms with Gasteiger partial charge in [0.2, 0.25) is 0 Å². The molecule has 0 bridgehead atoms. The molecule has 5 nitrogen and oxygen atoms in total. The molecular weight excluding hydrogens is 411 g/mol. The van der Waals surface area contributed by atoms with E-state index in [1.807, 2.05) is 55.5 Å². The van der Waals surface area contributed by atoms with Gasteiger partial charge in [-0.25, -0.2) is 4.79 Å². The van der Waals surface area contributed by atoms with Crippen LogP contribution in [0.3, 0.4) is 0 Å². The van der Waals surface area contributed by atoms with E-state index in [-0.39, 0.29) is 12.4 Å². The summed E-state index contributed by atoms with van der Waals surface area (Å²) in [4.78, 5) is 18.8. The number of benzene rings is 2. The Bertz CT molecular complexity index is 912. The lowest BCUT2D eigenvalue weighted by Gasteiger charge is -2.24.